The van der Waals surface area contributed by atoms with E-state index in [1.165, 1.54) is 6.33 Å². The van der Waals surface area contributed by atoms with Gasteiger partial charge in [0.05, 0.1) is 17.5 Å². The number of azide groups is 1. The molecule has 1 saturated carbocycles. The summed E-state index contributed by atoms with van der Waals surface area (Å²) in [7, 11) is 0. The number of nitrogens with zero attached hydrogens (tertiary/aromatic N) is 6. The van der Waals surface area contributed by atoms with Crippen LogP contribution in [0.5, 0.6) is 0 Å². The molecule has 8 nitrogen and oxygen atoms in total. The van der Waals surface area contributed by atoms with Gasteiger partial charge in [0, 0.05) is 20.7 Å². The average molecular weight is 385 g/mol. The van der Waals surface area contributed by atoms with Gasteiger partial charge in [-0.15, -0.1) is 0 Å². The largest absolute Gasteiger partial charge is 0.390 e. The lowest BCUT2D eigenvalue weighted by atomic mass is 9.75. The molecule has 20 heavy (non-hydrogen) atoms. The van der Waals surface area contributed by atoms with Crippen LogP contribution in [0.15, 0.2) is 17.6 Å². The van der Waals surface area contributed by atoms with Crippen LogP contribution in [-0.2, 0) is 0 Å². The molecule has 2 aromatic rings. The van der Waals surface area contributed by atoms with E-state index in [1.54, 1.807) is 0 Å². The first-order valence-corrected chi connectivity index (χ1v) is 7.12. The third kappa shape index (κ3) is 2.07. The molecule has 0 atom stereocenters. The second kappa shape index (κ2) is 4.76. The highest BCUT2D eigenvalue weighted by Gasteiger charge is 2.43. The number of aromatic nitrogens is 3. The first-order valence-electron chi connectivity index (χ1n) is 6.04. The number of nitrogens with two attached hydrogens (primary N) is 1. The topological polar surface area (TPSA) is 126 Å². The predicted octanol–water partition coefficient (Wildman–Crippen LogP) is 1.99. The minimum Gasteiger partial charge on any atom is -0.390 e. The van der Waals surface area contributed by atoms with Crippen molar-refractivity contribution in [3.8, 4) is 0 Å². The van der Waals surface area contributed by atoms with E-state index in [0.717, 1.165) is 14.6 Å². The van der Waals surface area contributed by atoms with Crippen LogP contribution in [0.2, 0.25) is 0 Å². The molecule has 1 aliphatic rings. The summed E-state index contributed by atoms with van der Waals surface area (Å²) >= 11 is 2.20. The Morgan fingerprint density at radius 3 is 3.05 bits per heavy atom. The molecule has 0 amide bonds. The summed E-state index contributed by atoms with van der Waals surface area (Å²) < 4.78 is 3.00. The van der Waals surface area contributed by atoms with Crippen molar-refractivity contribution in [3.05, 3.63) is 26.5 Å². The number of nitrogen functional groups attached to an aromatic ring is 1. The van der Waals surface area contributed by atoms with Gasteiger partial charge in [-0.2, -0.15) is 0 Å². The molecule has 1 fully saturated rings. The summed E-state index contributed by atoms with van der Waals surface area (Å²) in [5.41, 5.74) is 14.1. The molecule has 3 rings (SSSR count). The van der Waals surface area contributed by atoms with Crippen molar-refractivity contribution in [2.45, 2.75) is 24.5 Å². The minimum atomic E-state index is -0.905. The fourth-order valence-corrected chi connectivity index (χ4v) is 3.46. The quantitative estimate of drug-likeness (QED) is 0.363. The van der Waals surface area contributed by atoms with Crippen LogP contribution in [0.1, 0.15) is 18.9 Å². The zero-order chi connectivity index (χ0) is 14.3. The molecule has 2 aromatic heterocycles. The molecular formula is C11H12IN7O. The van der Waals surface area contributed by atoms with E-state index in [-0.39, 0.29) is 12.6 Å². The molecule has 0 aliphatic heterocycles. The molecule has 1 aliphatic carbocycles. The van der Waals surface area contributed by atoms with Crippen LogP contribution in [0.3, 0.4) is 0 Å². The Morgan fingerprint density at radius 1 is 1.60 bits per heavy atom. The third-order valence-corrected chi connectivity index (χ3v) is 4.46. The van der Waals surface area contributed by atoms with Crippen LogP contribution in [-0.4, -0.2) is 31.8 Å². The van der Waals surface area contributed by atoms with Gasteiger partial charge in [0.25, 0.3) is 0 Å². The summed E-state index contributed by atoms with van der Waals surface area (Å²) in [5.74, 6) is 0.460. The first-order chi connectivity index (χ1) is 9.54. The van der Waals surface area contributed by atoms with E-state index in [2.05, 4.69) is 42.6 Å². The van der Waals surface area contributed by atoms with E-state index in [9.17, 15) is 5.11 Å². The lowest BCUT2D eigenvalue weighted by molar-refractivity contribution is -0.0578. The van der Waals surface area contributed by atoms with E-state index in [0.29, 0.717) is 18.7 Å². The van der Waals surface area contributed by atoms with Crippen LogP contribution in [0, 0.1) is 3.57 Å². The maximum absolute atomic E-state index is 10.2. The SMILES string of the molecule is [N-]=[N+]=NCC1(O)CC(n2cc(I)c3c(N)ncnc32)C1. The second-order valence-corrected chi connectivity index (χ2v) is 6.18. The lowest BCUT2D eigenvalue weighted by Crippen LogP contribution is -2.47. The van der Waals surface area contributed by atoms with Crippen molar-refractivity contribution in [3.63, 3.8) is 0 Å². The predicted molar refractivity (Wildman–Crippen MR) is 81.9 cm³/mol. The highest BCUT2D eigenvalue weighted by Crippen LogP contribution is 2.43. The molecule has 0 bridgehead atoms. The standard InChI is InChI=1S/C11H12IN7O/c12-7-3-19(10-8(7)9(13)15-5-16-10)6-1-11(20,2-6)4-17-18-14/h3,5-6,20H,1-2,4H2,(H2,13,15,16). The van der Waals surface area contributed by atoms with Gasteiger partial charge >= 0.3 is 0 Å². The zero-order valence-corrected chi connectivity index (χ0v) is 12.6. The molecule has 2 heterocycles. The molecule has 0 aromatic carbocycles. The van der Waals surface area contributed by atoms with Crippen LogP contribution < -0.4 is 5.73 Å². The minimum absolute atomic E-state index is 0.105. The summed E-state index contributed by atoms with van der Waals surface area (Å²) in [6, 6.07) is 0.134. The Bertz CT molecular complexity index is 715. The van der Waals surface area contributed by atoms with E-state index >= 15 is 0 Å². The maximum atomic E-state index is 10.2. The van der Waals surface area contributed by atoms with Crippen LogP contribution in [0.4, 0.5) is 5.82 Å². The normalized spacial score (nSPS) is 25.2. The average Bonchev–Trinajstić information content (AvgIpc) is 2.72. The van der Waals surface area contributed by atoms with Crippen LogP contribution in [0.25, 0.3) is 21.5 Å². The van der Waals surface area contributed by atoms with Crippen molar-refractivity contribution < 1.29 is 5.11 Å². The molecule has 0 radical (unpaired) electrons. The van der Waals surface area contributed by atoms with Crippen molar-refractivity contribution in [1.82, 2.24) is 14.5 Å². The number of fused-ring (bicyclic) bond motifs is 1. The van der Waals surface area contributed by atoms with Gasteiger partial charge in [0.15, 0.2) is 0 Å². The molecular weight excluding hydrogens is 373 g/mol. The van der Waals surface area contributed by atoms with Gasteiger partial charge in [-0.25, -0.2) is 9.97 Å². The van der Waals surface area contributed by atoms with Crippen molar-refractivity contribution in [1.29, 1.82) is 0 Å². The smallest absolute Gasteiger partial charge is 0.146 e. The van der Waals surface area contributed by atoms with Gasteiger partial charge in [-0.1, -0.05) is 5.11 Å². The number of hydrogen-bond donors (Lipinski definition) is 2. The number of rotatable bonds is 3. The van der Waals surface area contributed by atoms with Crippen LogP contribution >= 0.6 is 22.6 Å². The molecule has 0 spiro atoms. The first kappa shape index (κ1) is 13.4. The lowest BCUT2D eigenvalue weighted by Gasteiger charge is -2.43. The Morgan fingerprint density at radius 2 is 2.35 bits per heavy atom. The van der Waals surface area contributed by atoms with Gasteiger partial charge in [-0.3, -0.25) is 0 Å². The third-order valence-electron chi connectivity index (χ3n) is 3.65. The van der Waals surface area contributed by atoms with Gasteiger partial charge < -0.3 is 15.4 Å². The van der Waals surface area contributed by atoms with Gasteiger partial charge in [0.2, 0.25) is 0 Å². The fourth-order valence-electron chi connectivity index (χ4n) is 2.65. The number of halogens is 1. The molecule has 104 valence electrons. The van der Waals surface area contributed by atoms with Crippen molar-refractivity contribution >= 4 is 39.4 Å². The highest BCUT2D eigenvalue weighted by molar-refractivity contribution is 14.1. The van der Waals surface area contributed by atoms with E-state index < -0.39 is 5.60 Å². The van der Waals surface area contributed by atoms with E-state index in [1.807, 2.05) is 10.8 Å². The zero-order valence-electron chi connectivity index (χ0n) is 10.4. The molecule has 0 unspecified atom stereocenters. The van der Waals surface area contributed by atoms with Crippen molar-refractivity contribution in [2.75, 3.05) is 12.3 Å². The number of anilines is 1. The monoisotopic (exact) mass is 385 g/mol. The maximum Gasteiger partial charge on any atom is 0.146 e. The number of hydrogen-bond acceptors (Lipinski definition) is 5. The van der Waals surface area contributed by atoms with E-state index in [4.69, 9.17) is 11.3 Å². The number of aliphatic hydroxyl groups is 1. The van der Waals surface area contributed by atoms with Gasteiger partial charge in [0.1, 0.15) is 17.8 Å². The summed E-state index contributed by atoms with van der Waals surface area (Å²) in [5, 5.41) is 14.5. The molecule has 3 N–H and O–H groups in total. The Labute approximate surface area is 127 Å². The Hall–Kier alpha value is -1.58. The summed E-state index contributed by atoms with van der Waals surface area (Å²) in [6.45, 7) is 0.105. The summed E-state index contributed by atoms with van der Waals surface area (Å²) in [4.78, 5) is 11.0. The highest BCUT2D eigenvalue weighted by atomic mass is 127. The summed E-state index contributed by atoms with van der Waals surface area (Å²) in [6.07, 6.45) is 4.48. The Balaban J connectivity index is 1.91. The van der Waals surface area contributed by atoms with Gasteiger partial charge in [-0.05, 0) is 41.0 Å². The molecule has 9 heteroatoms. The molecule has 0 saturated heterocycles. The fraction of sp³-hybridized carbons (Fsp3) is 0.455. The van der Waals surface area contributed by atoms with Crippen molar-refractivity contribution in [2.24, 2.45) is 5.11 Å². The Kier molecular flexibility index (Phi) is 3.19. The second-order valence-electron chi connectivity index (χ2n) is 5.02.